The van der Waals surface area contributed by atoms with Crippen LogP contribution >= 0.6 is 0 Å². The maximum Gasteiger partial charge on any atom is 0.243 e. The lowest BCUT2D eigenvalue weighted by atomic mass is 10.3. The summed E-state index contributed by atoms with van der Waals surface area (Å²) in [4.78, 5) is -0.659. The van der Waals surface area contributed by atoms with Crippen molar-refractivity contribution in [2.45, 2.75) is 17.4 Å². The largest absolute Gasteiger partial charge is 0.394 e. The van der Waals surface area contributed by atoms with E-state index in [9.17, 15) is 17.2 Å². The minimum Gasteiger partial charge on any atom is -0.394 e. The van der Waals surface area contributed by atoms with Crippen molar-refractivity contribution in [1.29, 1.82) is 0 Å². The number of nitrogen functional groups attached to an aromatic ring is 1. The van der Waals surface area contributed by atoms with Crippen LogP contribution < -0.4 is 10.5 Å². The predicted molar refractivity (Wildman–Crippen MR) is 60.3 cm³/mol. The fourth-order valence-electron chi connectivity index (χ4n) is 1.67. The minimum absolute atomic E-state index is 0.234. The summed E-state index contributed by atoms with van der Waals surface area (Å²) >= 11 is 0. The molecule has 1 heterocycles. The van der Waals surface area contributed by atoms with Gasteiger partial charge in [0.05, 0.1) is 6.61 Å². The van der Waals surface area contributed by atoms with Crippen LogP contribution in [-0.2, 0) is 14.8 Å². The van der Waals surface area contributed by atoms with Crippen LogP contribution in [0.15, 0.2) is 17.0 Å². The van der Waals surface area contributed by atoms with Crippen molar-refractivity contribution in [1.82, 2.24) is 4.72 Å². The van der Waals surface area contributed by atoms with Gasteiger partial charge < -0.3 is 10.5 Å². The Morgan fingerprint density at radius 3 is 2.72 bits per heavy atom. The molecule has 5 nitrogen and oxygen atoms in total. The van der Waals surface area contributed by atoms with Crippen LogP contribution in [0, 0.1) is 11.6 Å². The molecule has 0 aliphatic carbocycles. The SMILES string of the molecule is Nc1c(F)ccc(S(=O)(=O)NC2CCOC2)c1F. The van der Waals surface area contributed by atoms with Crippen molar-refractivity contribution in [2.75, 3.05) is 18.9 Å². The van der Waals surface area contributed by atoms with Gasteiger partial charge in [-0.05, 0) is 18.6 Å². The van der Waals surface area contributed by atoms with Gasteiger partial charge in [0.2, 0.25) is 10.0 Å². The van der Waals surface area contributed by atoms with Gasteiger partial charge in [0.25, 0.3) is 0 Å². The highest BCUT2D eigenvalue weighted by molar-refractivity contribution is 7.89. The summed E-state index contributed by atoms with van der Waals surface area (Å²) in [6.07, 6.45) is 0.511. The van der Waals surface area contributed by atoms with Crippen LogP contribution in [-0.4, -0.2) is 27.7 Å². The monoisotopic (exact) mass is 278 g/mol. The van der Waals surface area contributed by atoms with Crippen molar-refractivity contribution in [3.05, 3.63) is 23.8 Å². The Labute approximate surface area is 103 Å². The molecule has 1 aliphatic rings. The molecule has 1 aromatic carbocycles. The summed E-state index contributed by atoms with van der Waals surface area (Å²) < 4.78 is 57.6. The molecule has 0 radical (unpaired) electrons. The molecule has 18 heavy (non-hydrogen) atoms. The third kappa shape index (κ3) is 2.45. The maximum atomic E-state index is 13.6. The molecule has 0 amide bonds. The molecule has 0 bridgehead atoms. The number of halogens is 2. The Balaban J connectivity index is 2.32. The summed E-state index contributed by atoms with van der Waals surface area (Å²) in [5.41, 5.74) is 4.32. The first-order valence-electron chi connectivity index (χ1n) is 5.25. The van der Waals surface area contributed by atoms with E-state index in [1.807, 2.05) is 0 Å². The number of benzene rings is 1. The van der Waals surface area contributed by atoms with Gasteiger partial charge in [0.1, 0.15) is 16.4 Å². The Morgan fingerprint density at radius 1 is 1.39 bits per heavy atom. The predicted octanol–water partition coefficient (Wildman–Crippen LogP) is 0.614. The first-order chi connectivity index (χ1) is 8.42. The summed E-state index contributed by atoms with van der Waals surface area (Å²) in [6, 6.07) is 1.26. The molecule has 1 unspecified atom stereocenters. The zero-order valence-electron chi connectivity index (χ0n) is 9.32. The number of hydrogen-bond donors (Lipinski definition) is 2. The van der Waals surface area contributed by atoms with Crippen molar-refractivity contribution < 1.29 is 21.9 Å². The van der Waals surface area contributed by atoms with Crippen molar-refractivity contribution >= 4 is 15.7 Å². The second kappa shape index (κ2) is 4.79. The van der Waals surface area contributed by atoms with E-state index in [4.69, 9.17) is 10.5 Å². The number of rotatable bonds is 3. The number of anilines is 1. The molecule has 1 atom stereocenters. The Kier molecular flexibility index (Phi) is 3.51. The van der Waals surface area contributed by atoms with Crippen molar-refractivity contribution in [3.8, 4) is 0 Å². The molecular weight excluding hydrogens is 266 g/mol. The molecule has 3 N–H and O–H groups in total. The maximum absolute atomic E-state index is 13.6. The van der Waals surface area contributed by atoms with Gasteiger partial charge in [-0.1, -0.05) is 0 Å². The van der Waals surface area contributed by atoms with E-state index in [2.05, 4.69) is 4.72 Å². The van der Waals surface area contributed by atoms with Gasteiger partial charge in [0, 0.05) is 12.6 Å². The van der Waals surface area contributed by atoms with E-state index in [1.165, 1.54) is 0 Å². The summed E-state index contributed by atoms with van der Waals surface area (Å²) in [5.74, 6) is -2.27. The van der Waals surface area contributed by atoms with Gasteiger partial charge in [0.15, 0.2) is 5.82 Å². The van der Waals surface area contributed by atoms with Gasteiger partial charge >= 0.3 is 0 Å². The highest BCUT2D eigenvalue weighted by Gasteiger charge is 2.27. The molecule has 1 aliphatic heterocycles. The van der Waals surface area contributed by atoms with E-state index in [-0.39, 0.29) is 6.61 Å². The molecule has 0 saturated carbocycles. The fourth-order valence-corrected chi connectivity index (χ4v) is 3.01. The highest BCUT2D eigenvalue weighted by Crippen LogP contribution is 2.23. The van der Waals surface area contributed by atoms with E-state index < -0.39 is 38.3 Å². The molecule has 100 valence electrons. The standard InChI is InChI=1S/C10H12F2N2O3S/c11-7-1-2-8(9(12)10(7)13)18(15,16)14-6-3-4-17-5-6/h1-2,6,14H,3-5,13H2. The van der Waals surface area contributed by atoms with Crippen molar-refractivity contribution in [2.24, 2.45) is 0 Å². The summed E-state index contributed by atoms with van der Waals surface area (Å²) in [7, 11) is -4.07. The number of nitrogens with one attached hydrogen (secondary N) is 1. The lowest BCUT2D eigenvalue weighted by Gasteiger charge is -2.12. The summed E-state index contributed by atoms with van der Waals surface area (Å²) in [6.45, 7) is 0.679. The first-order valence-corrected chi connectivity index (χ1v) is 6.73. The summed E-state index contributed by atoms with van der Waals surface area (Å²) in [5, 5.41) is 0. The smallest absolute Gasteiger partial charge is 0.243 e. The minimum atomic E-state index is -4.07. The quantitative estimate of drug-likeness (QED) is 0.794. The van der Waals surface area contributed by atoms with Crippen LogP contribution in [0.4, 0.5) is 14.5 Å². The van der Waals surface area contributed by atoms with Crippen LogP contribution in [0.5, 0.6) is 0 Å². The lowest BCUT2D eigenvalue weighted by molar-refractivity contribution is 0.192. The molecule has 1 aromatic rings. The van der Waals surface area contributed by atoms with Crippen molar-refractivity contribution in [3.63, 3.8) is 0 Å². The van der Waals surface area contributed by atoms with Gasteiger partial charge in [-0.25, -0.2) is 21.9 Å². The molecule has 1 fully saturated rings. The molecule has 0 spiro atoms. The van der Waals surface area contributed by atoms with Gasteiger partial charge in [-0.15, -0.1) is 0 Å². The normalized spacial score (nSPS) is 20.2. The molecule has 0 aromatic heterocycles. The molecule has 2 rings (SSSR count). The van der Waals surface area contributed by atoms with E-state index in [1.54, 1.807) is 0 Å². The average Bonchev–Trinajstić information content (AvgIpc) is 2.77. The van der Waals surface area contributed by atoms with E-state index >= 15 is 0 Å². The van der Waals surface area contributed by atoms with Gasteiger partial charge in [-0.3, -0.25) is 0 Å². The van der Waals surface area contributed by atoms with E-state index in [0.29, 0.717) is 13.0 Å². The number of sulfonamides is 1. The van der Waals surface area contributed by atoms with Crippen LogP contribution in [0.25, 0.3) is 0 Å². The second-order valence-corrected chi connectivity index (χ2v) is 5.64. The van der Waals surface area contributed by atoms with Crippen LogP contribution in [0.2, 0.25) is 0 Å². The number of ether oxygens (including phenoxy) is 1. The molecule has 1 saturated heterocycles. The molecule has 8 heteroatoms. The Hall–Kier alpha value is -1.25. The zero-order chi connectivity index (χ0) is 13.3. The average molecular weight is 278 g/mol. The third-order valence-corrected chi connectivity index (χ3v) is 4.17. The number of nitrogens with two attached hydrogens (primary N) is 1. The Morgan fingerprint density at radius 2 is 2.11 bits per heavy atom. The highest BCUT2D eigenvalue weighted by atomic mass is 32.2. The third-order valence-electron chi connectivity index (χ3n) is 2.63. The lowest BCUT2D eigenvalue weighted by Crippen LogP contribution is -2.35. The Bertz CT molecular complexity index is 556. The second-order valence-electron chi connectivity index (χ2n) is 3.95. The molecular formula is C10H12F2N2O3S. The zero-order valence-corrected chi connectivity index (χ0v) is 10.1. The first kappa shape index (κ1) is 13.2. The number of hydrogen-bond acceptors (Lipinski definition) is 4. The van der Waals surface area contributed by atoms with E-state index in [0.717, 1.165) is 12.1 Å². The topological polar surface area (TPSA) is 81.4 Å². The van der Waals surface area contributed by atoms with Crippen LogP contribution in [0.1, 0.15) is 6.42 Å². The van der Waals surface area contributed by atoms with Gasteiger partial charge in [-0.2, -0.15) is 0 Å². The van der Waals surface area contributed by atoms with Crippen LogP contribution in [0.3, 0.4) is 0 Å². The fraction of sp³-hybridized carbons (Fsp3) is 0.400.